The van der Waals surface area contributed by atoms with E-state index >= 15 is 0 Å². The van der Waals surface area contributed by atoms with Crippen LogP contribution in [0.15, 0.2) is 48.5 Å². The molecule has 1 aliphatic heterocycles. The molecule has 1 unspecified atom stereocenters. The van der Waals surface area contributed by atoms with Gasteiger partial charge >= 0.3 is 0 Å². The number of methoxy groups -OCH3 is 1. The number of aliphatic hydroxyl groups is 1. The highest BCUT2D eigenvalue weighted by molar-refractivity contribution is 5.29. The molecule has 1 heterocycles. The zero-order valence-electron chi connectivity index (χ0n) is 14.1. The quantitative estimate of drug-likeness (QED) is 0.849. The SMILES string of the molecule is COc1ccc(COCC(O)CN2CCc3ccccc3C2)cc1. The molecule has 0 saturated carbocycles. The predicted molar refractivity (Wildman–Crippen MR) is 94.1 cm³/mol. The molecule has 1 aliphatic rings. The first kappa shape index (κ1) is 17.0. The topological polar surface area (TPSA) is 41.9 Å². The number of hydrogen-bond acceptors (Lipinski definition) is 4. The Bertz CT molecular complexity index is 642. The lowest BCUT2D eigenvalue weighted by Gasteiger charge is -2.30. The fourth-order valence-corrected chi connectivity index (χ4v) is 3.10. The Morgan fingerprint density at radius 2 is 1.83 bits per heavy atom. The number of aliphatic hydroxyl groups excluding tert-OH is 1. The number of nitrogens with zero attached hydrogens (tertiary/aromatic N) is 1. The average Bonchev–Trinajstić information content (AvgIpc) is 2.62. The Morgan fingerprint density at radius 1 is 1.08 bits per heavy atom. The van der Waals surface area contributed by atoms with Crippen LogP contribution in [0.5, 0.6) is 5.75 Å². The Hall–Kier alpha value is -1.88. The highest BCUT2D eigenvalue weighted by Gasteiger charge is 2.18. The van der Waals surface area contributed by atoms with E-state index in [1.807, 2.05) is 24.3 Å². The first-order chi connectivity index (χ1) is 11.7. The third kappa shape index (κ3) is 4.57. The van der Waals surface area contributed by atoms with Gasteiger partial charge in [0.2, 0.25) is 0 Å². The van der Waals surface area contributed by atoms with Crippen LogP contribution in [0.3, 0.4) is 0 Å². The summed E-state index contributed by atoms with van der Waals surface area (Å²) in [5, 5.41) is 10.2. The Balaban J connectivity index is 1.40. The van der Waals surface area contributed by atoms with Gasteiger partial charge < -0.3 is 14.6 Å². The van der Waals surface area contributed by atoms with Gasteiger partial charge in [0.15, 0.2) is 0 Å². The van der Waals surface area contributed by atoms with E-state index in [2.05, 4.69) is 29.2 Å². The van der Waals surface area contributed by atoms with Crippen LogP contribution in [0.2, 0.25) is 0 Å². The third-order valence-corrected chi connectivity index (χ3v) is 4.42. The molecule has 2 aromatic rings. The molecule has 0 fully saturated rings. The van der Waals surface area contributed by atoms with Crippen molar-refractivity contribution in [3.05, 3.63) is 65.2 Å². The van der Waals surface area contributed by atoms with Crippen molar-refractivity contribution in [2.24, 2.45) is 0 Å². The number of fused-ring (bicyclic) bond motifs is 1. The summed E-state index contributed by atoms with van der Waals surface area (Å²) in [6.07, 6.45) is 0.587. The number of hydrogen-bond donors (Lipinski definition) is 1. The molecular weight excluding hydrogens is 302 g/mol. The molecule has 0 aliphatic carbocycles. The molecule has 0 saturated heterocycles. The third-order valence-electron chi connectivity index (χ3n) is 4.42. The molecule has 24 heavy (non-hydrogen) atoms. The van der Waals surface area contributed by atoms with Gasteiger partial charge in [0.1, 0.15) is 5.75 Å². The van der Waals surface area contributed by atoms with Crippen molar-refractivity contribution in [1.82, 2.24) is 4.90 Å². The first-order valence-corrected chi connectivity index (χ1v) is 8.42. The monoisotopic (exact) mass is 327 g/mol. The van der Waals surface area contributed by atoms with Gasteiger partial charge in [-0.15, -0.1) is 0 Å². The zero-order valence-corrected chi connectivity index (χ0v) is 14.1. The lowest BCUT2D eigenvalue weighted by Crippen LogP contribution is -2.38. The minimum atomic E-state index is -0.464. The van der Waals surface area contributed by atoms with Gasteiger partial charge in [0.25, 0.3) is 0 Å². The van der Waals surface area contributed by atoms with Crippen molar-refractivity contribution < 1.29 is 14.6 Å². The first-order valence-electron chi connectivity index (χ1n) is 8.42. The molecule has 4 nitrogen and oxygen atoms in total. The average molecular weight is 327 g/mol. The number of rotatable bonds is 7. The van der Waals surface area contributed by atoms with Crippen molar-refractivity contribution in [2.45, 2.75) is 25.7 Å². The smallest absolute Gasteiger partial charge is 0.118 e. The van der Waals surface area contributed by atoms with Crippen LogP contribution in [0.4, 0.5) is 0 Å². The van der Waals surface area contributed by atoms with Gasteiger partial charge in [-0.2, -0.15) is 0 Å². The second-order valence-corrected chi connectivity index (χ2v) is 6.27. The van der Waals surface area contributed by atoms with E-state index in [9.17, 15) is 5.11 Å². The predicted octanol–water partition coefficient (Wildman–Crippen LogP) is 2.63. The van der Waals surface area contributed by atoms with Gasteiger partial charge in [-0.3, -0.25) is 4.90 Å². The molecular formula is C20H25NO3. The van der Waals surface area contributed by atoms with E-state index in [4.69, 9.17) is 9.47 Å². The van der Waals surface area contributed by atoms with Crippen molar-refractivity contribution in [2.75, 3.05) is 26.8 Å². The van der Waals surface area contributed by atoms with Crippen LogP contribution >= 0.6 is 0 Å². The minimum Gasteiger partial charge on any atom is -0.497 e. The molecule has 3 rings (SSSR count). The Kier molecular flexibility index (Phi) is 5.86. The van der Waals surface area contributed by atoms with Crippen LogP contribution < -0.4 is 4.74 Å². The van der Waals surface area contributed by atoms with Crippen LogP contribution in [-0.2, 0) is 24.3 Å². The normalized spacial score (nSPS) is 15.8. The van der Waals surface area contributed by atoms with Crippen LogP contribution in [0.1, 0.15) is 16.7 Å². The molecule has 0 spiro atoms. The van der Waals surface area contributed by atoms with E-state index in [0.29, 0.717) is 19.8 Å². The molecule has 0 radical (unpaired) electrons. The summed E-state index contributed by atoms with van der Waals surface area (Å²) in [5.41, 5.74) is 3.88. The van der Waals surface area contributed by atoms with Gasteiger partial charge in [0, 0.05) is 19.6 Å². The van der Waals surface area contributed by atoms with Gasteiger partial charge in [-0.1, -0.05) is 36.4 Å². The Labute approximate surface area is 143 Å². The highest BCUT2D eigenvalue weighted by atomic mass is 16.5. The van der Waals surface area contributed by atoms with Crippen molar-refractivity contribution in [3.8, 4) is 5.75 Å². The molecule has 1 atom stereocenters. The van der Waals surface area contributed by atoms with Crippen LogP contribution in [-0.4, -0.2) is 42.9 Å². The van der Waals surface area contributed by atoms with E-state index in [0.717, 1.165) is 30.8 Å². The molecule has 1 N–H and O–H groups in total. The summed E-state index contributed by atoms with van der Waals surface area (Å²) >= 11 is 0. The summed E-state index contributed by atoms with van der Waals surface area (Å²) in [7, 11) is 1.65. The number of β-amino-alcohol motifs (C(OH)–C–C–N with tert-alkyl or cyclic N) is 1. The number of ether oxygens (including phenoxy) is 2. The zero-order chi connectivity index (χ0) is 16.8. The van der Waals surface area contributed by atoms with E-state index in [1.165, 1.54) is 11.1 Å². The summed E-state index contributed by atoms with van der Waals surface area (Å²) in [6, 6.07) is 16.3. The van der Waals surface area contributed by atoms with Crippen LogP contribution in [0, 0.1) is 0 Å². The fourth-order valence-electron chi connectivity index (χ4n) is 3.10. The summed E-state index contributed by atoms with van der Waals surface area (Å²) in [5.74, 6) is 0.837. The van der Waals surface area contributed by atoms with Crippen molar-refractivity contribution >= 4 is 0 Å². The fraction of sp³-hybridized carbons (Fsp3) is 0.400. The molecule has 0 aromatic heterocycles. The van der Waals surface area contributed by atoms with Gasteiger partial charge in [0.05, 0.1) is 26.4 Å². The maximum Gasteiger partial charge on any atom is 0.118 e. The summed E-state index contributed by atoms with van der Waals surface area (Å²) in [6.45, 7) is 3.41. The number of benzene rings is 2. The largest absolute Gasteiger partial charge is 0.497 e. The maximum absolute atomic E-state index is 10.2. The van der Waals surface area contributed by atoms with Crippen LogP contribution in [0.25, 0.3) is 0 Å². The lowest BCUT2D eigenvalue weighted by molar-refractivity contribution is 0.00773. The molecule has 128 valence electrons. The molecule has 4 heteroatoms. The minimum absolute atomic E-state index is 0.351. The molecule has 0 amide bonds. The summed E-state index contributed by atoms with van der Waals surface area (Å²) in [4.78, 5) is 2.30. The highest BCUT2D eigenvalue weighted by Crippen LogP contribution is 2.18. The standard InChI is InChI=1S/C20H25NO3/c1-23-20-8-6-16(7-9-20)14-24-15-19(22)13-21-11-10-17-4-2-3-5-18(17)12-21/h2-9,19,22H,10-15H2,1H3. The lowest BCUT2D eigenvalue weighted by atomic mass is 10.00. The van der Waals surface area contributed by atoms with E-state index < -0.39 is 6.10 Å². The molecule has 0 bridgehead atoms. The molecule has 2 aromatic carbocycles. The second kappa shape index (κ2) is 8.29. The maximum atomic E-state index is 10.2. The van der Waals surface area contributed by atoms with Gasteiger partial charge in [-0.05, 0) is 35.2 Å². The summed E-state index contributed by atoms with van der Waals surface area (Å²) < 4.78 is 10.8. The van der Waals surface area contributed by atoms with E-state index in [-0.39, 0.29) is 0 Å². The Morgan fingerprint density at radius 3 is 2.58 bits per heavy atom. The second-order valence-electron chi connectivity index (χ2n) is 6.27. The van der Waals surface area contributed by atoms with Crippen molar-refractivity contribution in [1.29, 1.82) is 0 Å². The van der Waals surface area contributed by atoms with E-state index in [1.54, 1.807) is 7.11 Å². The van der Waals surface area contributed by atoms with Gasteiger partial charge in [-0.25, -0.2) is 0 Å². The van der Waals surface area contributed by atoms with Crippen molar-refractivity contribution in [3.63, 3.8) is 0 Å².